The van der Waals surface area contributed by atoms with E-state index in [9.17, 15) is 23.3 Å². The van der Waals surface area contributed by atoms with Gasteiger partial charge in [-0.05, 0) is 25.1 Å². The van der Waals surface area contributed by atoms with Crippen LogP contribution in [-0.4, -0.2) is 38.3 Å². The number of carbonyl (C=O) groups is 1. The number of nitrogens with zero attached hydrogens (tertiary/aromatic N) is 3. The number of amides is 1. The van der Waals surface area contributed by atoms with Gasteiger partial charge in [0.25, 0.3) is 11.6 Å². The van der Waals surface area contributed by atoms with Crippen LogP contribution in [0, 0.1) is 17.0 Å². The van der Waals surface area contributed by atoms with Crippen molar-refractivity contribution in [1.29, 1.82) is 0 Å². The van der Waals surface area contributed by atoms with Crippen LogP contribution in [0.1, 0.15) is 11.1 Å². The first-order valence-corrected chi connectivity index (χ1v) is 10.1. The van der Waals surface area contributed by atoms with E-state index >= 15 is 0 Å². The largest absolute Gasteiger partial charge is 0.271 e. The third kappa shape index (κ3) is 5.76. The fourth-order valence-electron chi connectivity index (χ4n) is 2.19. The van der Waals surface area contributed by atoms with Crippen molar-refractivity contribution in [3.8, 4) is 0 Å². The molecule has 0 aliphatic heterocycles. The first-order valence-electron chi connectivity index (χ1n) is 7.88. The highest BCUT2D eigenvalue weighted by Crippen LogP contribution is 2.20. The number of hydrogen-bond donors (Lipinski definition) is 1. The Morgan fingerprint density at radius 1 is 1.29 bits per heavy atom. The number of rotatable bonds is 7. The first kappa shape index (κ1) is 21.3. The summed E-state index contributed by atoms with van der Waals surface area (Å²) in [7, 11) is -3.70. The topological polar surface area (TPSA) is 122 Å². The predicted octanol–water partition coefficient (Wildman–Crippen LogP) is 2.47. The molecule has 0 radical (unpaired) electrons. The number of non-ortho nitro benzene ring substituents is 1. The van der Waals surface area contributed by atoms with E-state index < -0.39 is 27.4 Å². The number of nitro benzene ring substituents is 1. The first-order chi connectivity index (χ1) is 13.1. The summed E-state index contributed by atoms with van der Waals surface area (Å²) in [6.07, 6.45) is 2.14. The Morgan fingerprint density at radius 2 is 1.93 bits per heavy atom. The maximum Gasteiger partial charge on any atom is 0.270 e. The maximum absolute atomic E-state index is 12.1. The van der Waals surface area contributed by atoms with Gasteiger partial charge in [-0.2, -0.15) is 5.10 Å². The summed E-state index contributed by atoms with van der Waals surface area (Å²) >= 11 is 5.94. The number of anilines is 1. The molecule has 28 heavy (non-hydrogen) atoms. The van der Waals surface area contributed by atoms with Crippen LogP contribution >= 0.6 is 11.6 Å². The van der Waals surface area contributed by atoms with Gasteiger partial charge < -0.3 is 0 Å². The van der Waals surface area contributed by atoms with Crippen LogP contribution in [0.5, 0.6) is 0 Å². The Labute approximate surface area is 166 Å². The molecule has 0 aromatic heterocycles. The molecule has 1 amide bonds. The Balaban J connectivity index is 2.11. The van der Waals surface area contributed by atoms with Crippen molar-refractivity contribution in [3.05, 3.63) is 68.7 Å². The molecule has 0 atom stereocenters. The summed E-state index contributed by atoms with van der Waals surface area (Å²) in [5.41, 5.74) is 3.52. The SMILES string of the molecule is Cc1ccc(N(CC(=O)N/N=C\c2cc([N+](=O)[O-])ccc2Cl)S(C)(=O)=O)cc1. The molecule has 0 heterocycles. The van der Waals surface area contributed by atoms with Gasteiger partial charge in [-0.25, -0.2) is 13.8 Å². The summed E-state index contributed by atoms with van der Waals surface area (Å²) in [6.45, 7) is 1.37. The van der Waals surface area contributed by atoms with Crippen LogP contribution in [0.4, 0.5) is 11.4 Å². The van der Waals surface area contributed by atoms with Crippen LogP contribution in [0.25, 0.3) is 0 Å². The van der Waals surface area contributed by atoms with Crippen LogP contribution < -0.4 is 9.73 Å². The van der Waals surface area contributed by atoms with Crippen LogP contribution in [0.15, 0.2) is 47.6 Å². The fraction of sp³-hybridized carbons (Fsp3) is 0.176. The van der Waals surface area contributed by atoms with Crippen molar-refractivity contribution in [3.63, 3.8) is 0 Å². The summed E-state index contributed by atoms with van der Waals surface area (Å²) in [4.78, 5) is 22.3. The van der Waals surface area contributed by atoms with Crippen molar-refractivity contribution >= 4 is 45.1 Å². The van der Waals surface area contributed by atoms with Gasteiger partial charge in [0.05, 0.1) is 23.1 Å². The Kier molecular flexibility index (Phi) is 6.71. The molecule has 0 unspecified atom stereocenters. The Morgan fingerprint density at radius 3 is 2.50 bits per heavy atom. The van der Waals surface area contributed by atoms with E-state index in [1.165, 1.54) is 18.2 Å². The van der Waals surface area contributed by atoms with E-state index in [1.807, 2.05) is 6.92 Å². The number of benzene rings is 2. The van der Waals surface area contributed by atoms with Gasteiger partial charge in [0, 0.05) is 22.7 Å². The highest BCUT2D eigenvalue weighted by atomic mass is 35.5. The molecule has 11 heteroatoms. The summed E-state index contributed by atoms with van der Waals surface area (Å²) < 4.78 is 25.0. The zero-order valence-electron chi connectivity index (χ0n) is 15.0. The van der Waals surface area contributed by atoms with Gasteiger partial charge in [-0.15, -0.1) is 0 Å². The van der Waals surface area contributed by atoms with Crippen molar-refractivity contribution in [2.75, 3.05) is 17.1 Å². The molecule has 0 saturated carbocycles. The summed E-state index contributed by atoms with van der Waals surface area (Å²) in [5.74, 6) is -0.691. The predicted molar refractivity (Wildman–Crippen MR) is 107 cm³/mol. The number of halogens is 1. The van der Waals surface area contributed by atoms with E-state index in [0.29, 0.717) is 5.69 Å². The quantitative estimate of drug-likeness (QED) is 0.415. The minimum atomic E-state index is -3.70. The average Bonchev–Trinajstić information content (AvgIpc) is 2.61. The molecule has 148 valence electrons. The molecule has 0 saturated heterocycles. The van der Waals surface area contributed by atoms with Crippen LogP contribution in [0.3, 0.4) is 0 Å². The second-order valence-electron chi connectivity index (χ2n) is 5.86. The molecule has 2 aromatic rings. The number of nitro groups is 1. The van der Waals surface area contributed by atoms with Gasteiger partial charge in [0.15, 0.2) is 0 Å². The molecule has 2 aromatic carbocycles. The number of hydrogen-bond acceptors (Lipinski definition) is 6. The second kappa shape index (κ2) is 8.81. The lowest BCUT2D eigenvalue weighted by Gasteiger charge is -2.21. The Bertz CT molecular complexity index is 1020. The van der Waals surface area contributed by atoms with Gasteiger partial charge in [0.2, 0.25) is 10.0 Å². The highest BCUT2D eigenvalue weighted by molar-refractivity contribution is 7.92. The molecule has 0 aliphatic rings. The maximum atomic E-state index is 12.1. The lowest BCUT2D eigenvalue weighted by molar-refractivity contribution is -0.384. The zero-order valence-corrected chi connectivity index (χ0v) is 16.6. The molecular weight excluding hydrogens is 408 g/mol. The lowest BCUT2D eigenvalue weighted by Crippen LogP contribution is -2.39. The van der Waals surface area contributed by atoms with E-state index in [-0.39, 0.29) is 16.3 Å². The van der Waals surface area contributed by atoms with Crippen molar-refractivity contribution in [2.45, 2.75) is 6.92 Å². The van der Waals surface area contributed by atoms with Gasteiger partial charge in [-0.1, -0.05) is 29.3 Å². The summed E-state index contributed by atoms with van der Waals surface area (Å²) in [6, 6.07) is 10.4. The molecular formula is C17H17ClN4O5S. The van der Waals surface area contributed by atoms with Crippen molar-refractivity contribution in [1.82, 2.24) is 5.43 Å². The van der Waals surface area contributed by atoms with E-state index in [0.717, 1.165) is 22.3 Å². The molecule has 0 fully saturated rings. The smallest absolute Gasteiger partial charge is 0.270 e. The van der Waals surface area contributed by atoms with Gasteiger partial charge in [0.1, 0.15) is 6.54 Å². The number of nitrogens with one attached hydrogen (secondary N) is 1. The van der Waals surface area contributed by atoms with Crippen LogP contribution in [-0.2, 0) is 14.8 Å². The lowest BCUT2D eigenvalue weighted by atomic mass is 10.2. The molecule has 1 N–H and O–H groups in total. The minimum absolute atomic E-state index is 0.181. The van der Waals surface area contributed by atoms with Crippen LogP contribution in [0.2, 0.25) is 5.02 Å². The molecule has 0 spiro atoms. The van der Waals surface area contributed by atoms with Crippen molar-refractivity contribution < 1.29 is 18.1 Å². The molecule has 0 bridgehead atoms. The monoisotopic (exact) mass is 424 g/mol. The average molecular weight is 425 g/mol. The third-order valence-corrected chi connectivity index (χ3v) is 5.08. The van der Waals surface area contributed by atoms with E-state index in [1.54, 1.807) is 24.3 Å². The normalized spacial score (nSPS) is 11.4. The Hall–Kier alpha value is -2.98. The van der Waals surface area contributed by atoms with E-state index in [2.05, 4.69) is 10.5 Å². The minimum Gasteiger partial charge on any atom is -0.271 e. The number of aryl methyl sites for hydroxylation is 1. The highest BCUT2D eigenvalue weighted by Gasteiger charge is 2.20. The molecule has 9 nitrogen and oxygen atoms in total. The standard InChI is InChI=1S/C17H17ClN4O5S/c1-12-3-5-14(6-4-12)21(28(2,26)27)11-17(23)20-19-10-13-9-15(22(24)25)7-8-16(13)18/h3-10H,11H2,1-2H3,(H,20,23)/b19-10-. The zero-order chi connectivity index (χ0) is 20.9. The number of hydrazone groups is 1. The number of sulfonamides is 1. The van der Waals surface area contributed by atoms with Gasteiger partial charge in [-0.3, -0.25) is 19.2 Å². The second-order valence-corrected chi connectivity index (χ2v) is 8.18. The number of carbonyl (C=O) groups excluding carboxylic acids is 1. The third-order valence-electron chi connectivity index (χ3n) is 3.59. The molecule has 2 rings (SSSR count). The van der Waals surface area contributed by atoms with Gasteiger partial charge >= 0.3 is 0 Å². The fourth-order valence-corrected chi connectivity index (χ4v) is 3.22. The summed E-state index contributed by atoms with van der Waals surface area (Å²) in [5, 5.41) is 14.7. The molecule has 0 aliphatic carbocycles. The van der Waals surface area contributed by atoms with E-state index in [4.69, 9.17) is 11.6 Å². The van der Waals surface area contributed by atoms with Crippen molar-refractivity contribution in [2.24, 2.45) is 5.10 Å².